The molecule has 0 aliphatic carbocycles. The van der Waals surface area contributed by atoms with Crippen LogP contribution in [0.4, 0.5) is 0 Å². The number of hydrogen-bond acceptors (Lipinski definition) is 3. The minimum atomic E-state index is -3.13. The minimum Gasteiger partial charge on any atom is -0.310 e. The maximum absolute atomic E-state index is 12.2. The normalized spacial score (nSPS) is 23.7. The first kappa shape index (κ1) is 18.2. The Balaban J connectivity index is 1.82. The van der Waals surface area contributed by atoms with Gasteiger partial charge in [0, 0.05) is 25.7 Å². The monoisotopic (exact) mass is 336 g/mol. The lowest BCUT2D eigenvalue weighted by molar-refractivity contribution is 0.223. The van der Waals surface area contributed by atoms with E-state index in [-0.39, 0.29) is 5.25 Å². The first-order valence-electron chi connectivity index (χ1n) is 8.35. The highest BCUT2D eigenvalue weighted by molar-refractivity contribution is 7.89. The Morgan fingerprint density at radius 2 is 2.00 bits per heavy atom. The molecule has 1 saturated heterocycles. The molecule has 2 rings (SSSR count). The zero-order valence-electron chi connectivity index (χ0n) is 14.3. The lowest BCUT2D eigenvalue weighted by Crippen LogP contribution is -2.51. The van der Waals surface area contributed by atoms with Crippen LogP contribution < -0.4 is 5.32 Å². The lowest BCUT2D eigenvalue weighted by Gasteiger charge is -2.37. The topological polar surface area (TPSA) is 49.4 Å². The zero-order chi connectivity index (χ0) is 16.9. The molecule has 1 aromatic rings. The van der Waals surface area contributed by atoms with E-state index in [1.807, 2.05) is 18.2 Å². The molecule has 0 spiro atoms. The van der Waals surface area contributed by atoms with E-state index in [2.05, 4.69) is 36.5 Å². The standard InChI is InChI=1S/C18H28N2O2S/c1-15(2)23(21,22)20-13-11-18(16(3)14-20)19-12-7-10-17-8-5-4-6-9-17/h4-10,15-16,18-19H,11-14H2,1-3H3/b10-7+/t16-,18-/m1/s1. The van der Waals surface area contributed by atoms with E-state index in [1.54, 1.807) is 18.2 Å². The van der Waals surface area contributed by atoms with Crippen molar-refractivity contribution in [2.75, 3.05) is 19.6 Å². The zero-order valence-corrected chi connectivity index (χ0v) is 15.1. The van der Waals surface area contributed by atoms with Gasteiger partial charge in [-0.15, -0.1) is 0 Å². The molecule has 0 amide bonds. The number of rotatable bonds is 6. The molecule has 1 aliphatic heterocycles. The van der Waals surface area contributed by atoms with Crippen molar-refractivity contribution in [3.63, 3.8) is 0 Å². The van der Waals surface area contributed by atoms with Crippen LogP contribution in [0.5, 0.6) is 0 Å². The number of hydrogen-bond donors (Lipinski definition) is 1. The Morgan fingerprint density at radius 3 is 2.61 bits per heavy atom. The third-order valence-electron chi connectivity index (χ3n) is 4.43. The van der Waals surface area contributed by atoms with Gasteiger partial charge in [0.05, 0.1) is 5.25 Å². The largest absolute Gasteiger partial charge is 0.310 e. The van der Waals surface area contributed by atoms with Crippen LogP contribution >= 0.6 is 0 Å². The van der Waals surface area contributed by atoms with Gasteiger partial charge in [-0.25, -0.2) is 12.7 Å². The average molecular weight is 337 g/mol. The number of nitrogens with one attached hydrogen (secondary N) is 1. The number of sulfonamides is 1. The predicted molar refractivity (Wildman–Crippen MR) is 96.7 cm³/mol. The van der Waals surface area contributed by atoms with Crippen LogP contribution in [0.2, 0.25) is 0 Å². The van der Waals surface area contributed by atoms with E-state index in [1.165, 1.54) is 5.56 Å². The summed E-state index contributed by atoms with van der Waals surface area (Å²) in [7, 11) is -3.13. The molecule has 128 valence electrons. The van der Waals surface area contributed by atoms with Crippen LogP contribution in [-0.4, -0.2) is 43.6 Å². The molecule has 5 heteroatoms. The molecule has 2 atom stereocenters. The van der Waals surface area contributed by atoms with Gasteiger partial charge in [-0.3, -0.25) is 0 Å². The first-order chi connectivity index (χ1) is 10.9. The second-order valence-corrected chi connectivity index (χ2v) is 9.03. The van der Waals surface area contributed by atoms with Crippen molar-refractivity contribution in [3.8, 4) is 0 Å². The van der Waals surface area contributed by atoms with Crippen LogP contribution in [0.15, 0.2) is 36.4 Å². The molecular formula is C18H28N2O2S. The maximum atomic E-state index is 12.2. The van der Waals surface area contributed by atoms with Crippen LogP contribution in [-0.2, 0) is 10.0 Å². The molecule has 0 bridgehead atoms. The Morgan fingerprint density at radius 1 is 1.30 bits per heavy atom. The first-order valence-corrected chi connectivity index (χ1v) is 9.85. The van der Waals surface area contributed by atoms with E-state index >= 15 is 0 Å². The van der Waals surface area contributed by atoms with Gasteiger partial charge in [0.15, 0.2) is 0 Å². The summed E-state index contributed by atoms with van der Waals surface area (Å²) < 4.78 is 26.2. The maximum Gasteiger partial charge on any atom is 0.216 e. The minimum absolute atomic E-state index is 0.322. The number of nitrogens with zero attached hydrogens (tertiary/aromatic N) is 1. The van der Waals surface area contributed by atoms with E-state index in [4.69, 9.17) is 0 Å². The number of benzene rings is 1. The van der Waals surface area contributed by atoms with E-state index in [0.717, 1.165) is 13.0 Å². The molecule has 0 radical (unpaired) electrons. The van der Waals surface area contributed by atoms with Crippen LogP contribution in [0.1, 0.15) is 32.8 Å². The van der Waals surface area contributed by atoms with Crippen molar-refractivity contribution < 1.29 is 8.42 Å². The molecule has 1 aromatic carbocycles. The Labute approximate surface area is 140 Å². The van der Waals surface area contributed by atoms with Gasteiger partial charge < -0.3 is 5.32 Å². The summed E-state index contributed by atoms with van der Waals surface area (Å²) in [6, 6.07) is 10.6. The van der Waals surface area contributed by atoms with Gasteiger partial charge in [0.25, 0.3) is 0 Å². The summed E-state index contributed by atoms with van der Waals surface area (Å²) in [6.45, 7) is 7.66. The molecule has 0 aromatic heterocycles. The molecule has 4 nitrogen and oxygen atoms in total. The highest BCUT2D eigenvalue weighted by atomic mass is 32.2. The van der Waals surface area contributed by atoms with E-state index < -0.39 is 10.0 Å². The average Bonchev–Trinajstić information content (AvgIpc) is 2.53. The second-order valence-electron chi connectivity index (χ2n) is 6.55. The summed E-state index contributed by atoms with van der Waals surface area (Å²) in [5.74, 6) is 0.322. The third kappa shape index (κ3) is 4.90. The van der Waals surface area contributed by atoms with Gasteiger partial charge in [-0.05, 0) is 31.7 Å². The van der Waals surface area contributed by atoms with Crippen molar-refractivity contribution in [1.82, 2.24) is 9.62 Å². The Kier molecular flexibility index (Phi) is 6.39. The van der Waals surface area contributed by atoms with Gasteiger partial charge in [0.2, 0.25) is 10.0 Å². The van der Waals surface area contributed by atoms with Gasteiger partial charge >= 0.3 is 0 Å². The highest BCUT2D eigenvalue weighted by Crippen LogP contribution is 2.21. The van der Waals surface area contributed by atoms with Crippen LogP contribution in [0, 0.1) is 5.92 Å². The molecule has 1 fully saturated rings. The molecule has 23 heavy (non-hydrogen) atoms. The van der Waals surface area contributed by atoms with Crippen LogP contribution in [0.25, 0.3) is 6.08 Å². The SMILES string of the molecule is CC(C)S(=O)(=O)N1CC[C@@H](NC/C=C/c2ccccc2)[C@H](C)C1. The molecule has 1 heterocycles. The van der Waals surface area contributed by atoms with Crippen molar-refractivity contribution in [3.05, 3.63) is 42.0 Å². The summed E-state index contributed by atoms with van der Waals surface area (Å²) in [6.07, 6.45) is 5.10. The predicted octanol–water partition coefficient (Wildman–Crippen LogP) is 2.74. The number of piperidine rings is 1. The fraction of sp³-hybridized carbons (Fsp3) is 0.556. The highest BCUT2D eigenvalue weighted by Gasteiger charge is 2.33. The van der Waals surface area contributed by atoms with Crippen LogP contribution in [0.3, 0.4) is 0 Å². The molecule has 0 unspecified atom stereocenters. The molecular weight excluding hydrogens is 308 g/mol. The van der Waals surface area contributed by atoms with Gasteiger partial charge in [-0.2, -0.15) is 0 Å². The van der Waals surface area contributed by atoms with Crippen molar-refractivity contribution in [1.29, 1.82) is 0 Å². The smallest absolute Gasteiger partial charge is 0.216 e. The van der Waals surface area contributed by atoms with E-state index in [0.29, 0.717) is 25.0 Å². The molecule has 1 aliphatic rings. The van der Waals surface area contributed by atoms with Gasteiger partial charge in [0.1, 0.15) is 0 Å². The van der Waals surface area contributed by atoms with E-state index in [9.17, 15) is 8.42 Å². The molecule has 0 saturated carbocycles. The summed E-state index contributed by atoms with van der Waals surface area (Å²) in [5, 5.41) is 3.19. The van der Waals surface area contributed by atoms with Crippen molar-refractivity contribution in [2.24, 2.45) is 5.92 Å². The second kappa shape index (κ2) is 8.08. The Hall–Kier alpha value is -1.17. The molecule has 1 N–H and O–H groups in total. The van der Waals surface area contributed by atoms with Crippen molar-refractivity contribution in [2.45, 2.75) is 38.5 Å². The summed E-state index contributed by atoms with van der Waals surface area (Å²) in [4.78, 5) is 0. The fourth-order valence-corrected chi connectivity index (χ4v) is 4.32. The fourth-order valence-electron chi connectivity index (χ4n) is 2.92. The third-order valence-corrected chi connectivity index (χ3v) is 6.67. The summed E-state index contributed by atoms with van der Waals surface area (Å²) >= 11 is 0. The Bertz CT molecular complexity index is 611. The van der Waals surface area contributed by atoms with Crippen molar-refractivity contribution >= 4 is 16.1 Å². The quantitative estimate of drug-likeness (QED) is 0.869. The summed E-state index contributed by atoms with van der Waals surface area (Å²) in [5.41, 5.74) is 1.19. The lowest BCUT2D eigenvalue weighted by atomic mass is 9.95. The van der Waals surface area contributed by atoms with Gasteiger partial charge in [-0.1, -0.05) is 49.4 Å².